The third kappa shape index (κ3) is 7.05. The van der Waals surface area contributed by atoms with Crippen LogP contribution in [0, 0.1) is 0 Å². The van der Waals surface area contributed by atoms with Crippen molar-refractivity contribution in [2.24, 2.45) is 0 Å². The normalized spacial score (nSPS) is 10.4. The highest BCUT2D eigenvalue weighted by Gasteiger charge is 2.14. The zero-order valence-corrected chi connectivity index (χ0v) is 20.1. The number of hydrogen-bond acceptors (Lipinski definition) is 5. The van der Waals surface area contributed by atoms with Crippen LogP contribution in [0.3, 0.4) is 0 Å². The largest absolute Gasteiger partial charge is 0.494 e. The Hall–Kier alpha value is -3.91. The van der Waals surface area contributed by atoms with E-state index in [1.54, 1.807) is 72.8 Å². The number of carbonyl (C=O) groups is 2. The summed E-state index contributed by atoms with van der Waals surface area (Å²) in [4.78, 5) is 25.5. The molecule has 0 aliphatic heterocycles. The third-order valence-corrected chi connectivity index (χ3v) is 4.74. The first kappa shape index (κ1) is 24.7. The van der Waals surface area contributed by atoms with Crippen molar-refractivity contribution in [2.75, 3.05) is 17.2 Å². The van der Waals surface area contributed by atoms with Gasteiger partial charge in [-0.3, -0.25) is 14.9 Å². The fourth-order valence-corrected chi connectivity index (χ4v) is 3.30. The smallest absolute Gasteiger partial charge is 0.257 e. The van der Waals surface area contributed by atoms with Gasteiger partial charge in [0.15, 0.2) is 5.11 Å². The predicted octanol–water partition coefficient (Wildman–Crippen LogP) is 5.25. The summed E-state index contributed by atoms with van der Waals surface area (Å²) in [6.07, 6.45) is -0.00804. The van der Waals surface area contributed by atoms with Gasteiger partial charge in [0.05, 0.1) is 24.0 Å². The molecule has 3 rings (SSSR count). The van der Waals surface area contributed by atoms with Crippen molar-refractivity contribution in [1.82, 2.24) is 5.32 Å². The van der Waals surface area contributed by atoms with Crippen LogP contribution in [0.2, 0.25) is 0 Å². The summed E-state index contributed by atoms with van der Waals surface area (Å²) >= 11 is 5.31. The average Bonchev–Trinajstić information content (AvgIpc) is 2.80. The quantitative estimate of drug-likeness (QED) is 0.384. The number of nitrogens with one attached hydrogen (secondary N) is 3. The van der Waals surface area contributed by atoms with Crippen molar-refractivity contribution >= 4 is 40.5 Å². The van der Waals surface area contributed by atoms with Crippen LogP contribution in [-0.2, 0) is 0 Å². The van der Waals surface area contributed by atoms with E-state index in [0.717, 1.165) is 5.75 Å². The van der Waals surface area contributed by atoms with E-state index in [9.17, 15) is 9.59 Å². The van der Waals surface area contributed by atoms with Crippen molar-refractivity contribution in [3.63, 3.8) is 0 Å². The van der Waals surface area contributed by atoms with Crippen LogP contribution >= 0.6 is 12.2 Å². The summed E-state index contributed by atoms with van der Waals surface area (Å²) in [6, 6.07) is 20.8. The van der Waals surface area contributed by atoms with Crippen molar-refractivity contribution in [3.05, 3.63) is 83.9 Å². The number of anilines is 2. The van der Waals surface area contributed by atoms with E-state index in [0.29, 0.717) is 34.9 Å². The van der Waals surface area contributed by atoms with Gasteiger partial charge in [-0.25, -0.2) is 0 Å². The molecule has 0 aliphatic rings. The molecule has 176 valence electrons. The number of carbonyl (C=O) groups excluding carboxylic acids is 2. The standard InChI is InChI=1S/C26H27N3O4S/c1-4-32-20-14-12-19(13-15-20)27-25(31)22-10-5-6-11-23(22)28-26(34)29-24(30)18-8-7-9-21(16-18)33-17(2)3/h5-17H,4H2,1-3H3,(H,27,31)(H2,28,29,30,34). The molecule has 0 aliphatic carbocycles. The Bertz CT molecular complexity index is 1160. The number of rotatable bonds is 8. The van der Waals surface area contributed by atoms with Crippen LogP contribution in [0.4, 0.5) is 11.4 Å². The van der Waals surface area contributed by atoms with Gasteiger partial charge < -0.3 is 20.1 Å². The van der Waals surface area contributed by atoms with E-state index in [1.165, 1.54) is 0 Å². The molecular weight excluding hydrogens is 450 g/mol. The zero-order valence-electron chi connectivity index (χ0n) is 19.3. The molecule has 0 aromatic heterocycles. The Morgan fingerprint density at radius 3 is 2.32 bits per heavy atom. The Labute approximate surface area is 204 Å². The minimum atomic E-state index is -0.386. The highest BCUT2D eigenvalue weighted by molar-refractivity contribution is 7.80. The summed E-state index contributed by atoms with van der Waals surface area (Å²) in [7, 11) is 0. The van der Waals surface area contributed by atoms with Gasteiger partial charge in [-0.1, -0.05) is 18.2 Å². The first-order valence-corrected chi connectivity index (χ1v) is 11.3. The molecule has 2 amide bonds. The Morgan fingerprint density at radius 1 is 0.882 bits per heavy atom. The molecule has 0 heterocycles. The van der Waals surface area contributed by atoms with Gasteiger partial charge >= 0.3 is 0 Å². The summed E-state index contributed by atoms with van der Waals surface area (Å²) in [6.45, 7) is 6.30. The summed E-state index contributed by atoms with van der Waals surface area (Å²) < 4.78 is 11.1. The van der Waals surface area contributed by atoms with Gasteiger partial charge in [0.1, 0.15) is 11.5 Å². The van der Waals surface area contributed by atoms with E-state index >= 15 is 0 Å². The van der Waals surface area contributed by atoms with Gasteiger partial charge in [-0.2, -0.15) is 0 Å². The second-order valence-corrected chi connectivity index (χ2v) is 7.97. The first-order chi connectivity index (χ1) is 16.4. The van der Waals surface area contributed by atoms with Crippen molar-refractivity contribution in [2.45, 2.75) is 26.9 Å². The SMILES string of the molecule is CCOc1ccc(NC(=O)c2ccccc2NC(=S)NC(=O)c2cccc(OC(C)C)c2)cc1. The van der Waals surface area contributed by atoms with Crippen molar-refractivity contribution in [1.29, 1.82) is 0 Å². The summed E-state index contributed by atoms with van der Waals surface area (Å²) in [5.41, 5.74) is 1.87. The molecule has 8 heteroatoms. The minimum Gasteiger partial charge on any atom is -0.494 e. The minimum absolute atomic E-state index is 0.00804. The van der Waals surface area contributed by atoms with Crippen molar-refractivity contribution in [3.8, 4) is 11.5 Å². The first-order valence-electron chi connectivity index (χ1n) is 10.9. The molecule has 0 atom stereocenters. The van der Waals surface area contributed by atoms with Crippen LogP contribution < -0.4 is 25.4 Å². The fraction of sp³-hybridized carbons (Fsp3) is 0.192. The van der Waals surface area contributed by atoms with Crippen molar-refractivity contribution < 1.29 is 19.1 Å². The van der Waals surface area contributed by atoms with Crippen LogP contribution in [-0.4, -0.2) is 29.6 Å². The monoisotopic (exact) mass is 477 g/mol. The van der Waals surface area contributed by atoms with E-state index in [1.807, 2.05) is 20.8 Å². The van der Waals surface area contributed by atoms with E-state index in [2.05, 4.69) is 16.0 Å². The Kier molecular flexibility index (Phi) is 8.59. The number of ether oxygens (including phenoxy) is 2. The Morgan fingerprint density at radius 2 is 1.62 bits per heavy atom. The van der Waals surface area contributed by atoms with Crippen LogP contribution in [0.5, 0.6) is 11.5 Å². The van der Waals surface area contributed by atoms with Gasteiger partial charge in [-0.05, 0) is 87.6 Å². The molecule has 3 aromatic carbocycles. The van der Waals surface area contributed by atoms with Gasteiger partial charge in [0.2, 0.25) is 0 Å². The topological polar surface area (TPSA) is 88.7 Å². The second-order valence-electron chi connectivity index (χ2n) is 7.56. The number of benzene rings is 3. The Balaban J connectivity index is 1.65. The lowest BCUT2D eigenvalue weighted by atomic mass is 10.1. The van der Waals surface area contributed by atoms with E-state index < -0.39 is 0 Å². The zero-order chi connectivity index (χ0) is 24.5. The lowest BCUT2D eigenvalue weighted by Gasteiger charge is -2.14. The van der Waals surface area contributed by atoms with Gasteiger partial charge in [0.25, 0.3) is 11.8 Å². The molecule has 0 fully saturated rings. The molecule has 0 radical (unpaired) electrons. The van der Waals surface area contributed by atoms with Crippen LogP contribution in [0.1, 0.15) is 41.5 Å². The maximum absolute atomic E-state index is 12.9. The highest BCUT2D eigenvalue weighted by Crippen LogP contribution is 2.20. The maximum Gasteiger partial charge on any atom is 0.257 e. The molecule has 0 bridgehead atoms. The lowest BCUT2D eigenvalue weighted by molar-refractivity contribution is 0.0976. The number of thiocarbonyl (C=S) groups is 1. The van der Waals surface area contributed by atoms with E-state index in [-0.39, 0.29) is 23.0 Å². The van der Waals surface area contributed by atoms with E-state index in [4.69, 9.17) is 21.7 Å². The number of para-hydroxylation sites is 1. The maximum atomic E-state index is 12.9. The molecule has 3 N–H and O–H groups in total. The summed E-state index contributed by atoms with van der Waals surface area (Å²) in [5, 5.41) is 8.50. The predicted molar refractivity (Wildman–Crippen MR) is 138 cm³/mol. The third-order valence-electron chi connectivity index (χ3n) is 4.54. The molecule has 34 heavy (non-hydrogen) atoms. The lowest BCUT2D eigenvalue weighted by Crippen LogP contribution is -2.34. The molecule has 0 saturated heterocycles. The number of amides is 2. The molecule has 7 nitrogen and oxygen atoms in total. The van der Waals surface area contributed by atoms with Gasteiger partial charge in [-0.15, -0.1) is 0 Å². The molecular formula is C26H27N3O4S. The van der Waals surface area contributed by atoms with Crippen LogP contribution in [0.25, 0.3) is 0 Å². The molecule has 0 saturated carbocycles. The number of hydrogen-bond donors (Lipinski definition) is 3. The average molecular weight is 478 g/mol. The molecule has 0 spiro atoms. The van der Waals surface area contributed by atoms with Crippen LogP contribution in [0.15, 0.2) is 72.8 Å². The van der Waals surface area contributed by atoms with Gasteiger partial charge in [0, 0.05) is 11.3 Å². The highest BCUT2D eigenvalue weighted by atomic mass is 32.1. The fourth-order valence-electron chi connectivity index (χ4n) is 3.10. The molecule has 0 unspecified atom stereocenters. The molecule has 3 aromatic rings. The summed E-state index contributed by atoms with van der Waals surface area (Å²) in [5.74, 6) is 0.616. The second kappa shape index (κ2) is 11.8.